The second-order valence-electron chi connectivity index (χ2n) is 25.9. The maximum Gasteiger partial charge on any atom is 0.373 e. The molecule has 124 heavy (non-hydrogen) atoms. The molecule has 712 valence electrons. The molecule has 0 aromatic heterocycles. The molecule has 30 N–H and O–H groups in total. The Balaban J connectivity index is -0.000000367. The molecule has 0 rings (SSSR count). The average Bonchev–Trinajstić information content (AvgIpc) is 0.878. The number of nitrogens with one attached hydrogen (secondary N) is 10. The Kier molecular flexibility index (Phi) is 71.4. The minimum atomic E-state index is -2.27. The van der Waals surface area contributed by atoms with Gasteiger partial charge in [0.15, 0.2) is 24.4 Å². The Morgan fingerprint density at radius 3 is 0.605 bits per heavy atom. The van der Waals surface area contributed by atoms with Gasteiger partial charge < -0.3 is 155 Å². The molecule has 52 nitrogen and oxygen atoms in total. The topological polar surface area (TPSA) is 900 Å². The molecule has 56 heteroatoms. The Bertz CT molecular complexity index is 3220. The van der Waals surface area contributed by atoms with E-state index in [1.807, 2.05) is 0 Å². The summed E-state index contributed by atoms with van der Waals surface area (Å²) in [6.45, 7) is 4.05. The Labute approximate surface area is 724 Å². The summed E-state index contributed by atoms with van der Waals surface area (Å²) in [4.78, 5) is 242. The lowest BCUT2D eigenvalue weighted by Gasteiger charge is -2.22. The van der Waals surface area contributed by atoms with E-state index in [9.17, 15) is 148 Å². The molecule has 0 spiro atoms. The molecule has 0 saturated heterocycles. The van der Waals surface area contributed by atoms with Gasteiger partial charge in [0.05, 0.1) is 23.9 Å². The minimum Gasteiger partial charge on any atom is -0.480 e. The minimum absolute atomic E-state index is 0.0663. The monoisotopic (exact) mass is 1870 g/mol. The number of aliphatic hydroxyl groups excluding tert-OH is 12. The number of thioether (sulfide) groups is 4. The summed E-state index contributed by atoms with van der Waals surface area (Å²) in [5, 5.41) is 208. The Hall–Kier alpha value is -9.54. The number of aliphatic carboxylic acids is 8. The standard InChI is InChI=1S/2C18H31N3O10S.2C15H26N2O9S.2CO2/c2*1-8(19-2)11(22)4-9(16(27)21-10(7-32-3)17(28)29)5-13(24)20-6-12(23)14(25)15(26)18(30)31;2*1-3-7(13(22)17-8(6-27-2)14(23)24)4-10(19)16-5-9(18)11(20)12(21)15(25)26;2*2-1-3/h2*8-10,12,14-15,19,23,25-26H,4-7H2,1-3H3,(H,20,24)(H,21,27)(H,28,29)(H,30,31);2*7-9,11-12,18,20-21H,3-6H2,1-2H3,(H,16,19)(H,17,22)(H,23,24)(H,25,26);;/t8-,9?,10-,12?,14?,15?;8-,9-,10-,12-,14+,15+;7-,8-,9-,11+,12+;7-,8-,9-,11+,12-;;/m0000../s1. The van der Waals surface area contributed by atoms with Gasteiger partial charge >= 0.3 is 60.1 Å². The van der Waals surface area contributed by atoms with Crippen molar-refractivity contribution >= 4 is 166 Å². The number of amides is 8. The van der Waals surface area contributed by atoms with Gasteiger partial charge in [-0.25, -0.2) is 38.4 Å². The number of carbonyl (C=O) groups is 18. The highest BCUT2D eigenvalue weighted by molar-refractivity contribution is 7.99. The van der Waals surface area contributed by atoms with Gasteiger partial charge in [-0.1, -0.05) is 13.8 Å². The predicted octanol–water partition coefficient (Wildman–Crippen LogP) is -12.4. The second kappa shape index (κ2) is 70.7. The van der Waals surface area contributed by atoms with Crippen LogP contribution in [0.15, 0.2) is 0 Å². The highest BCUT2D eigenvalue weighted by Crippen LogP contribution is 2.18. The summed E-state index contributed by atoms with van der Waals surface area (Å²) in [5.41, 5.74) is 0. The molecule has 0 aliphatic carbocycles. The van der Waals surface area contributed by atoms with Crippen molar-refractivity contribution in [2.45, 2.75) is 189 Å². The number of rotatable bonds is 58. The molecule has 0 bridgehead atoms. The van der Waals surface area contributed by atoms with E-state index in [1.54, 1.807) is 52.7 Å². The van der Waals surface area contributed by atoms with Crippen molar-refractivity contribution in [2.75, 3.05) is 88.3 Å². The molecule has 0 fully saturated rings. The maximum absolute atomic E-state index is 12.6. The smallest absolute Gasteiger partial charge is 0.373 e. The van der Waals surface area contributed by atoms with Gasteiger partial charge in [-0.2, -0.15) is 66.2 Å². The third-order valence-corrected chi connectivity index (χ3v) is 19.3. The van der Waals surface area contributed by atoms with Crippen LogP contribution in [0.5, 0.6) is 0 Å². The first-order valence-corrected chi connectivity index (χ1v) is 41.8. The van der Waals surface area contributed by atoms with Gasteiger partial charge in [-0.05, 0) is 65.8 Å². The van der Waals surface area contributed by atoms with Crippen molar-refractivity contribution in [1.82, 2.24) is 53.2 Å². The highest BCUT2D eigenvalue weighted by Gasteiger charge is 2.38. The van der Waals surface area contributed by atoms with E-state index in [0.717, 1.165) is 0 Å². The van der Waals surface area contributed by atoms with Crippen LogP contribution in [0, 0.1) is 23.7 Å². The molecular weight excluding hydrogens is 1760 g/mol. The molecule has 0 saturated carbocycles. The number of Topliss-reactive ketones (excluding diaryl/α,β-unsaturated/α-hetero) is 2. The van der Waals surface area contributed by atoms with Crippen LogP contribution in [0.1, 0.15) is 79.1 Å². The van der Waals surface area contributed by atoms with E-state index in [1.165, 1.54) is 61.1 Å². The van der Waals surface area contributed by atoms with Crippen LogP contribution < -0.4 is 53.2 Å². The normalized spacial score (nSPS) is 15.9. The van der Waals surface area contributed by atoms with Crippen LogP contribution in [0.3, 0.4) is 0 Å². The number of aliphatic hydroxyl groups is 12. The molecule has 8 amide bonds. The van der Waals surface area contributed by atoms with Gasteiger partial charge in [-0.15, -0.1) is 0 Å². The van der Waals surface area contributed by atoms with E-state index in [-0.39, 0.29) is 73.8 Å². The van der Waals surface area contributed by atoms with Crippen LogP contribution in [-0.2, 0) is 105 Å². The summed E-state index contributed by atoms with van der Waals surface area (Å²) in [6, 6.07) is -5.87. The first kappa shape index (κ1) is 125. The van der Waals surface area contributed by atoms with Gasteiger partial charge in [0.25, 0.3) is 0 Å². The van der Waals surface area contributed by atoms with E-state index < -0.39 is 279 Å². The van der Waals surface area contributed by atoms with Gasteiger partial charge in [0.1, 0.15) is 84.6 Å². The van der Waals surface area contributed by atoms with Crippen molar-refractivity contribution in [3.8, 4) is 0 Å². The molecule has 0 aliphatic rings. The van der Waals surface area contributed by atoms with Crippen LogP contribution in [0.2, 0.25) is 0 Å². The molecule has 0 aromatic carbocycles. The first-order valence-electron chi connectivity index (χ1n) is 36.2. The summed E-state index contributed by atoms with van der Waals surface area (Å²) in [6.07, 6.45) is -18.9. The summed E-state index contributed by atoms with van der Waals surface area (Å²) in [7, 11) is 3.06. The average molecular weight is 1870 g/mol. The number of carbonyl (C=O) groups excluding carboxylic acids is 14. The summed E-state index contributed by atoms with van der Waals surface area (Å²) < 4.78 is 0. The second-order valence-corrected chi connectivity index (χ2v) is 29.6. The quantitative estimate of drug-likeness (QED) is 0.0269. The van der Waals surface area contributed by atoms with Crippen molar-refractivity contribution in [1.29, 1.82) is 0 Å². The molecule has 22 atom stereocenters. The third kappa shape index (κ3) is 55.6. The van der Waals surface area contributed by atoms with Crippen molar-refractivity contribution in [2.24, 2.45) is 23.7 Å². The number of ketones is 2. The van der Waals surface area contributed by atoms with Crippen LogP contribution >= 0.6 is 47.0 Å². The number of carboxylic acid groups (broad SMARTS) is 8. The van der Waals surface area contributed by atoms with E-state index >= 15 is 0 Å². The van der Waals surface area contributed by atoms with E-state index in [2.05, 4.69) is 53.2 Å². The van der Waals surface area contributed by atoms with Crippen LogP contribution in [0.25, 0.3) is 0 Å². The fourth-order valence-corrected chi connectivity index (χ4v) is 11.2. The van der Waals surface area contributed by atoms with Crippen molar-refractivity contribution in [3.05, 3.63) is 0 Å². The number of hydrogen-bond acceptors (Lipinski definition) is 40. The Morgan fingerprint density at radius 1 is 0.290 bits per heavy atom. The number of hydrogen-bond donors (Lipinski definition) is 30. The molecule has 4 unspecified atom stereocenters. The summed E-state index contributed by atoms with van der Waals surface area (Å²) in [5.74, 6) is -22.1. The van der Waals surface area contributed by atoms with Crippen molar-refractivity contribution in [3.63, 3.8) is 0 Å². The summed E-state index contributed by atoms with van der Waals surface area (Å²) >= 11 is 4.85. The SMILES string of the molecule is CC[C@@H](CC(=O)NC[C@H](O)[C@@H](O)[C@@H](O)C(=O)O)C(=O)N[C@@H](CSC)C(=O)O.CC[C@@H](CC(=O)NC[C@H](O)[C@@H](O)[C@H](O)C(=O)O)C(=O)N[C@@H](CSC)C(=O)O.CN[C@@H](C)C(=O)CC(CC(=O)NCC(O)C(O)C(O)C(=O)O)C(=O)N[C@@H](CSC)C(=O)O.CN[C@@H](C)C(=O)C[C@@H](CC(=O)NC[C@H](O)[C@@H](O)[C@@H](O)C(=O)O)C(=O)N[C@@H](CSC)C(=O)O.O=C=O.O=C=O. The fraction of sp³-hybridized carbons (Fsp3) is 0.706. The van der Waals surface area contributed by atoms with Gasteiger partial charge in [-0.3, -0.25) is 47.9 Å². The first-order chi connectivity index (χ1) is 57.6. The van der Waals surface area contributed by atoms with Gasteiger partial charge in [0.2, 0.25) is 47.3 Å². The number of carboxylic acids is 8. The van der Waals surface area contributed by atoms with E-state index in [4.69, 9.17) is 60.0 Å². The van der Waals surface area contributed by atoms with E-state index in [0.29, 0.717) is 0 Å². The van der Waals surface area contributed by atoms with Gasteiger partial charge in [0, 0.05) is 99.6 Å². The predicted molar refractivity (Wildman–Crippen MR) is 426 cm³/mol. The molecule has 0 heterocycles. The lowest BCUT2D eigenvalue weighted by atomic mass is 9.94. The lowest BCUT2D eigenvalue weighted by Crippen LogP contribution is -2.49. The van der Waals surface area contributed by atoms with Crippen molar-refractivity contribution < 1.29 is 208 Å². The molecule has 0 aliphatic heterocycles. The molecule has 0 aromatic rings. The zero-order chi connectivity index (χ0) is 97.7. The zero-order valence-electron chi connectivity index (χ0n) is 68.6. The lowest BCUT2D eigenvalue weighted by molar-refractivity contribution is -0.193. The number of likely N-dealkylation sites (N-methyl/N-ethyl adjacent to an activating group) is 2. The van der Waals surface area contributed by atoms with Crippen LogP contribution in [-0.4, -0.2) is 419 Å². The van der Waals surface area contributed by atoms with Crippen LogP contribution in [0.4, 0.5) is 0 Å². The molecular formula is C68H114N10O42S4. The largest absolute Gasteiger partial charge is 0.480 e. The Morgan fingerprint density at radius 2 is 0.460 bits per heavy atom. The molecule has 0 radical (unpaired) electrons. The maximum atomic E-state index is 12.6. The third-order valence-electron chi connectivity index (χ3n) is 16.6. The fourth-order valence-electron chi connectivity index (χ4n) is 9.01. The zero-order valence-corrected chi connectivity index (χ0v) is 71.8. The highest BCUT2D eigenvalue weighted by atomic mass is 32.2.